The van der Waals surface area contributed by atoms with Crippen molar-refractivity contribution in [1.29, 1.82) is 0 Å². The molecule has 2 aliphatic rings. The summed E-state index contributed by atoms with van der Waals surface area (Å²) in [6.45, 7) is 0. The maximum absolute atomic E-state index is 5.39. The highest BCUT2D eigenvalue weighted by molar-refractivity contribution is 6.18. The van der Waals surface area contributed by atoms with Gasteiger partial charge in [-0.25, -0.2) is 9.97 Å². The number of nitrogens with zero attached hydrogens (tertiary/aromatic N) is 3. The van der Waals surface area contributed by atoms with Crippen LogP contribution in [-0.4, -0.2) is 14.5 Å². The van der Waals surface area contributed by atoms with Gasteiger partial charge in [-0.2, -0.15) is 0 Å². The first-order chi connectivity index (χ1) is 27.8. The predicted octanol–water partition coefficient (Wildman–Crippen LogP) is 12.9. The third kappa shape index (κ3) is 4.22. The minimum atomic E-state index is -0.412. The van der Waals surface area contributed by atoms with Crippen molar-refractivity contribution >= 4 is 21.8 Å². The van der Waals surface area contributed by atoms with Gasteiger partial charge in [0, 0.05) is 28.0 Å². The molecule has 2 heterocycles. The van der Waals surface area contributed by atoms with Crippen molar-refractivity contribution in [3.63, 3.8) is 0 Å². The lowest BCUT2D eigenvalue weighted by molar-refractivity contribution is 0.794. The lowest BCUT2D eigenvalue weighted by atomic mass is 9.70. The van der Waals surface area contributed by atoms with Gasteiger partial charge >= 0.3 is 0 Å². The van der Waals surface area contributed by atoms with E-state index < -0.39 is 5.41 Å². The molecule has 2 aromatic heterocycles. The number of fused-ring (bicyclic) bond motifs is 14. The van der Waals surface area contributed by atoms with Crippen molar-refractivity contribution in [3.8, 4) is 61.8 Å². The Balaban J connectivity index is 1.14. The normalized spacial score (nSPS) is 13.1. The van der Waals surface area contributed by atoms with Gasteiger partial charge in [-0.1, -0.05) is 182 Å². The Hall–Kier alpha value is -7.36. The Morgan fingerprint density at radius 3 is 1.61 bits per heavy atom. The molecular formula is C53H33N3. The van der Waals surface area contributed by atoms with Crippen molar-refractivity contribution < 1.29 is 0 Å². The zero-order valence-corrected chi connectivity index (χ0v) is 30.4. The summed E-state index contributed by atoms with van der Waals surface area (Å²) >= 11 is 0. The van der Waals surface area contributed by atoms with Crippen LogP contribution < -0.4 is 0 Å². The summed E-state index contributed by atoms with van der Waals surface area (Å²) in [6.07, 6.45) is 0. The van der Waals surface area contributed by atoms with Gasteiger partial charge in [-0.05, 0) is 67.8 Å². The maximum Gasteiger partial charge on any atom is 0.162 e. The number of aromatic nitrogens is 3. The lowest BCUT2D eigenvalue weighted by Gasteiger charge is -2.30. The summed E-state index contributed by atoms with van der Waals surface area (Å²) in [4.78, 5) is 10.6. The van der Waals surface area contributed by atoms with Crippen LogP contribution in [0.15, 0.2) is 200 Å². The fraction of sp³-hybridized carbons (Fsp3) is 0.0189. The second-order valence-corrected chi connectivity index (χ2v) is 14.9. The quantitative estimate of drug-likeness (QED) is 0.182. The van der Waals surface area contributed by atoms with Crippen LogP contribution in [0.3, 0.4) is 0 Å². The molecule has 0 bridgehead atoms. The van der Waals surface area contributed by atoms with Gasteiger partial charge in [0.15, 0.2) is 5.82 Å². The van der Waals surface area contributed by atoms with Gasteiger partial charge in [-0.3, -0.25) is 4.57 Å². The van der Waals surface area contributed by atoms with Crippen molar-refractivity contribution in [2.24, 2.45) is 0 Å². The van der Waals surface area contributed by atoms with Crippen LogP contribution in [-0.2, 0) is 5.41 Å². The summed E-state index contributed by atoms with van der Waals surface area (Å²) < 4.78 is 2.35. The zero-order chi connectivity index (χ0) is 36.8. The summed E-state index contributed by atoms with van der Waals surface area (Å²) in [5, 5.41) is 2.46. The summed E-state index contributed by atoms with van der Waals surface area (Å²) in [5.74, 6) is 1.53. The molecule has 0 fully saturated rings. The fourth-order valence-electron chi connectivity index (χ4n) is 9.77. The molecule has 0 N–H and O–H groups in total. The van der Waals surface area contributed by atoms with Crippen molar-refractivity contribution in [2.45, 2.75) is 5.41 Å². The minimum Gasteiger partial charge on any atom is -0.294 e. The standard InChI is InChI=1S/C53H33N3/c1-3-15-34(16-4-1)35-27-29-37(30-28-35)52-54-46(36-17-5-2-6-18-36)33-49(55-52)56-47-26-14-10-22-41(47)51-48(56)32-31-45-50(51)40-21-9-13-25-44(40)53(45)42-23-11-7-19-38(42)39-20-8-12-24-43(39)53/h1-33H. The monoisotopic (exact) mass is 711 g/mol. The van der Waals surface area contributed by atoms with E-state index in [4.69, 9.17) is 9.97 Å². The topological polar surface area (TPSA) is 30.7 Å². The smallest absolute Gasteiger partial charge is 0.162 e. The largest absolute Gasteiger partial charge is 0.294 e. The zero-order valence-electron chi connectivity index (χ0n) is 30.4. The van der Waals surface area contributed by atoms with Crippen LogP contribution in [0.4, 0.5) is 0 Å². The molecule has 0 amide bonds. The van der Waals surface area contributed by atoms with Crippen LogP contribution >= 0.6 is 0 Å². The highest BCUT2D eigenvalue weighted by Crippen LogP contribution is 2.64. The molecule has 1 spiro atoms. The van der Waals surface area contributed by atoms with E-state index in [0.29, 0.717) is 5.82 Å². The first-order valence-corrected chi connectivity index (χ1v) is 19.3. The Labute approximate surface area is 324 Å². The van der Waals surface area contributed by atoms with E-state index in [1.54, 1.807) is 0 Å². The molecule has 260 valence electrons. The van der Waals surface area contributed by atoms with Gasteiger partial charge in [0.25, 0.3) is 0 Å². The van der Waals surface area contributed by atoms with Crippen molar-refractivity contribution in [2.75, 3.05) is 0 Å². The van der Waals surface area contributed by atoms with E-state index >= 15 is 0 Å². The average molecular weight is 712 g/mol. The molecule has 2 aliphatic carbocycles. The Bertz CT molecular complexity index is 3130. The van der Waals surface area contributed by atoms with E-state index in [1.807, 2.05) is 6.07 Å². The number of hydrogen-bond acceptors (Lipinski definition) is 2. The Morgan fingerprint density at radius 2 is 0.911 bits per heavy atom. The molecule has 0 atom stereocenters. The fourth-order valence-corrected chi connectivity index (χ4v) is 9.77. The van der Waals surface area contributed by atoms with Crippen LogP contribution in [0.25, 0.3) is 83.6 Å². The van der Waals surface area contributed by atoms with E-state index in [0.717, 1.165) is 39.2 Å². The van der Waals surface area contributed by atoms with E-state index in [2.05, 4.69) is 199 Å². The predicted molar refractivity (Wildman–Crippen MR) is 229 cm³/mol. The van der Waals surface area contributed by atoms with Crippen molar-refractivity contribution in [3.05, 3.63) is 222 Å². The van der Waals surface area contributed by atoms with E-state index in [9.17, 15) is 0 Å². The number of benzene rings is 8. The van der Waals surface area contributed by atoms with Crippen molar-refractivity contribution in [1.82, 2.24) is 14.5 Å². The van der Waals surface area contributed by atoms with Crippen LogP contribution in [0.2, 0.25) is 0 Å². The molecule has 0 saturated heterocycles. The molecule has 56 heavy (non-hydrogen) atoms. The first-order valence-electron chi connectivity index (χ1n) is 19.3. The first kappa shape index (κ1) is 31.0. The van der Waals surface area contributed by atoms with Crippen LogP contribution in [0.5, 0.6) is 0 Å². The van der Waals surface area contributed by atoms with Gasteiger partial charge < -0.3 is 0 Å². The number of para-hydroxylation sites is 1. The minimum absolute atomic E-state index is 0.412. The molecule has 8 aromatic carbocycles. The summed E-state index contributed by atoms with van der Waals surface area (Å²) in [6, 6.07) is 72.3. The van der Waals surface area contributed by atoms with Gasteiger partial charge in [0.05, 0.1) is 22.1 Å². The third-order valence-corrected chi connectivity index (χ3v) is 12.1. The number of rotatable bonds is 4. The highest BCUT2D eigenvalue weighted by atomic mass is 15.1. The van der Waals surface area contributed by atoms with E-state index in [1.165, 1.54) is 60.8 Å². The Kier molecular flexibility index (Phi) is 6.55. The second-order valence-electron chi connectivity index (χ2n) is 14.9. The summed E-state index contributed by atoms with van der Waals surface area (Å²) in [7, 11) is 0. The second kappa shape index (κ2) is 11.8. The van der Waals surface area contributed by atoms with Gasteiger partial charge in [0.1, 0.15) is 5.82 Å². The third-order valence-electron chi connectivity index (χ3n) is 12.1. The molecule has 10 aromatic rings. The molecule has 0 aliphatic heterocycles. The molecular weight excluding hydrogens is 679 g/mol. The molecule has 12 rings (SSSR count). The molecule has 0 saturated carbocycles. The van der Waals surface area contributed by atoms with E-state index in [-0.39, 0.29) is 0 Å². The highest BCUT2D eigenvalue weighted by Gasteiger charge is 2.52. The lowest BCUT2D eigenvalue weighted by Crippen LogP contribution is -2.25. The van der Waals surface area contributed by atoms with Crippen LogP contribution in [0.1, 0.15) is 22.3 Å². The average Bonchev–Trinajstić information content (AvgIpc) is 3.89. The molecule has 3 nitrogen and oxygen atoms in total. The Morgan fingerprint density at radius 1 is 0.375 bits per heavy atom. The molecule has 3 heteroatoms. The van der Waals surface area contributed by atoms with Gasteiger partial charge in [0.2, 0.25) is 0 Å². The maximum atomic E-state index is 5.39. The SMILES string of the molecule is c1ccc(-c2ccc(-c3nc(-c4ccccc4)cc(-n4c5ccccc5c5c6c(ccc54)C4(c5ccccc5-c5ccccc54)c4ccccc4-6)n3)cc2)cc1. The van der Waals surface area contributed by atoms with Crippen LogP contribution in [0, 0.1) is 0 Å². The molecule has 0 radical (unpaired) electrons. The van der Waals surface area contributed by atoms with Gasteiger partial charge in [-0.15, -0.1) is 0 Å². The molecule has 0 unspecified atom stereocenters. The summed E-state index contributed by atoms with van der Waals surface area (Å²) in [5.41, 5.74) is 17.7. The number of hydrogen-bond donors (Lipinski definition) is 0.